The number of unbranched alkanes of at least 4 members (excludes halogenated alkanes) is 2. The summed E-state index contributed by atoms with van der Waals surface area (Å²) < 4.78 is 9.41. The number of nitrogens with zero attached hydrogens (tertiary/aromatic N) is 2. The zero-order valence-corrected chi connectivity index (χ0v) is 13.2. The third-order valence-corrected chi connectivity index (χ3v) is 3.86. The number of aromatic nitrogens is 1. The molecule has 22 heavy (non-hydrogen) atoms. The third kappa shape index (κ3) is 4.30. The summed E-state index contributed by atoms with van der Waals surface area (Å²) in [7, 11) is 0. The highest BCUT2D eigenvalue weighted by atomic mass is 32.1. The largest absolute Gasteiger partial charge is 0.417 e. The third-order valence-electron chi connectivity index (χ3n) is 3.06. The molecule has 1 amide bonds. The lowest BCUT2D eigenvalue weighted by molar-refractivity contribution is 0.215. The van der Waals surface area contributed by atoms with Crippen LogP contribution >= 0.6 is 11.5 Å². The van der Waals surface area contributed by atoms with E-state index >= 15 is 0 Å². The molecular formula is C16H17N3O2S. The van der Waals surface area contributed by atoms with Crippen molar-refractivity contribution in [2.75, 3.05) is 5.32 Å². The van der Waals surface area contributed by atoms with Crippen LogP contribution in [-0.2, 0) is 6.42 Å². The molecule has 0 spiro atoms. The average Bonchev–Trinajstić information content (AvgIpc) is 2.90. The molecule has 6 heteroatoms. The number of carbonyl (C=O) groups excluding carboxylic acids is 1. The van der Waals surface area contributed by atoms with Crippen LogP contribution in [0.3, 0.4) is 0 Å². The van der Waals surface area contributed by atoms with Gasteiger partial charge < -0.3 is 4.74 Å². The molecule has 0 unspecified atom stereocenters. The Balaban J connectivity index is 2.00. The van der Waals surface area contributed by atoms with Crippen LogP contribution in [0.5, 0.6) is 5.75 Å². The van der Waals surface area contributed by atoms with Gasteiger partial charge in [-0.2, -0.15) is 9.64 Å². The summed E-state index contributed by atoms with van der Waals surface area (Å²) >= 11 is 1.11. The predicted molar refractivity (Wildman–Crippen MR) is 86.1 cm³/mol. The fourth-order valence-corrected chi connectivity index (χ4v) is 2.72. The lowest BCUT2D eigenvalue weighted by atomic mass is 10.1. The molecule has 0 bridgehead atoms. The lowest BCUT2D eigenvalue weighted by Gasteiger charge is -2.04. The summed E-state index contributed by atoms with van der Waals surface area (Å²) in [4.78, 5) is 11.9. The SMILES string of the molecule is CCCCCc1nsc(NC(=O)Oc2ccccc2)c1C#N. The normalized spacial score (nSPS) is 10.0. The standard InChI is InChI=1S/C16H17N3O2S/c1-2-3-5-10-14-13(11-17)15(22-19-14)18-16(20)21-12-8-6-4-7-9-12/h4,6-9H,2-3,5,10H2,1H3,(H,18,20). The lowest BCUT2D eigenvalue weighted by Crippen LogP contribution is -2.16. The van der Waals surface area contributed by atoms with Gasteiger partial charge in [-0.3, -0.25) is 5.32 Å². The molecule has 1 N–H and O–H groups in total. The van der Waals surface area contributed by atoms with Crippen molar-refractivity contribution < 1.29 is 9.53 Å². The molecule has 0 atom stereocenters. The molecule has 5 nitrogen and oxygen atoms in total. The van der Waals surface area contributed by atoms with Crippen LogP contribution in [-0.4, -0.2) is 10.5 Å². The van der Waals surface area contributed by atoms with Crippen LogP contribution in [0.1, 0.15) is 37.4 Å². The maximum absolute atomic E-state index is 11.9. The van der Waals surface area contributed by atoms with Gasteiger partial charge in [-0.25, -0.2) is 4.79 Å². The first kappa shape index (κ1) is 16.0. The molecule has 0 aliphatic carbocycles. The first-order valence-corrected chi connectivity index (χ1v) is 7.94. The van der Waals surface area contributed by atoms with E-state index in [4.69, 9.17) is 4.74 Å². The number of hydrogen-bond acceptors (Lipinski definition) is 5. The molecule has 114 valence electrons. The highest BCUT2D eigenvalue weighted by Gasteiger charge is 2.16. The summed E-state index contributed by atoms with van der Waals surface area (Å²) in [5.74, 6) is 0.450. The van der Waals surface area contributed by atoms with Crippen molar-refractivity contribution in [3.05, 3.63) is 41.6 Å². The van der Waals surface area contributed by atoms with Crippen LogP contribution in [0.2, 0.25) is 0 Å². The zero-order chi connectivity index (χ0) is 15.8. The minimum absolute atomic E-state index is 0.436. The number of carbonyl (C=O) groups is 1. The Morgan fingerprint density at radius 2 is 2.14 bits per heavy atom. The average molecular weight is 315 g/mol. The molecule has 0 aliphatic rings. The number of amides is 1. The van der Waals surface area contributed by atoms with Gasteiger partial charge in [0.1, 0.15) is 22.4 Å². The molecule has 2 rings (SSSR count). The second-order valence-corrected chi connectivity index (χ2v) is 5.50. The number of nitrogens with one attached hydrogen (secondary N) is 1. The number of aryl methyl sites for hydroxylation is 1. The van der Waals surface area contributed by atoms with Crippen LogP contribution in [0, 0.1) is 11.3 Å². The first-order valence-electron chi connectivity index (χ1n) is 7.17. The number of nitriles is 1. The monoisotopic (exact) mass is 315 g/mol. The molecule has 1 aromatic carbocycles. The molecule has 0 aliphatic heterocycles. The number of rotatable bonds is 6. The fraction of sp³-hybridized carbons (Fsp3) is 0.312. The van der Waals surface area contributed by atoms with E-state index in [0.29, 0.717) is 16.3 Å². The van der Waals surface area contributed by atoms with Crippen molar-refractivity contribution in [2.45, 2.75) is 32.6 Å². The van der Waals surface area contributed by atoms with E-state index in [1.807, 2.05) is 6.07 Å². The Labute approximate surface area is 133 Å². The highest BCUT2D eigenvalue weighted by molar-refractivity contribution is 7.10. The van der Waals surface area contributed by atoms with E-state index in [1.165, 1.54) is 0 Å². The van der Waals surface area contributed by atoms with Gasteiger partial charge in [0, 0.05) is 0 Å². The van der Waals surface area contributed by atoms with Gasteiger partial charge in [0.2, 0.25) is 0 Å². The molecular weight excluding hydrogens is 298 g/mol. The Bertz CT molecular complexity index is 662. The van der Waals surface area contributed by atoms with E-state index in [1.54, 1.807) is 24.3 Å². The van der Waals surface area contributed by atoms with E-state index < -0.39 is 6.09 Å². The Hall–Kier alpha value is -2.39. The predicted octanol–water partition coefficient (Wildman–Crippen LogP) is 4.36. The number of hydrogen-bond donors (Lipinski definition) is 1. The van der Waals surface area contributed by atoms with Gasteiger partial charge in [-0.15, -0.1) is 0 Å². The summed E-state index contributed by atoms with van der Waals surface area (Å²) in [6.07, 6.45) is 3.33. The molecule has 1 heterocycles. The van der Waals surface area contributed by atoms with E-state index in [9.17, 15) is 10.1 Å². The van der Waals surface area contributed by atoms with Crippen molar-refractivity contribution in [2.24, 2.45) is 0 Å². The van der Waals surface area contributed by atoms with Crippen LogP contribution < -0.4 is 10.1 Å². The summed E-state index contributed by atoms with van der Waals surface area (Å²) in [5, 5.41) is 12.3. The van der Waals surface area contributed by atoms with Gasteiger partial charge in [0.05, 0.1) is 5.69 Å². The summed E-state index contributed by atoms with van der Waals surface area (Å²) in [6.45, 7) is 2.12. The van der Waals surface area contributed by atoms with Crippen molar-refractivity contribution in [3.63, 3.8) is 0 Å². The van der Waals surface area contributed by atoms with Crippen molar-refractivity contribution in [1.82, 2.24) is 4.37 Å². The second kappa shape index (κ2) is 8.15. The number of para-hydroxylation sites is 1. The van der Waals surface area contributed by atoms with E-state index in [0.717, 1.165) is 42.9 Å². The number of ether oxygens (including phenoxy) is 1. The first-order chi connectivity index (χ1) is 10.7. The maximum atomic E-state index is 11.9. The van der Waals surface area contributed by atoms with Crippen molar-refractivity contribution in [1.29, 1.82) is 5.26 Å². The maximum Gasteiger partial charge on any atom is 0.417 e. The molecule has 1 aromatic heterocycles. The minimum atomic E-state index is -0.619. The molecule has 0 saturated heterocycles. The van der Waals surface area contributed by atoms with Crippen molar-refractivity contribution in [3.8, 4) is 11.8 Å². The van der Waals surface area contributed by atoms with Gasteiger partial charge in [-0.05, 0) is 36.5 Å². The Kier molecular flexibility index (Phi) is 5.92. The van der Waals surface area contributed by atoms with Gasteiger partial charge in [-0.1, -0.05) is 38.0 Å². The van der Waals surface area contributed by atoms with Crippen LogP contribution in [0.25, 0.3) is 0 Å². The smallest absolute Gasteiger partial charge is 0.410 e. The van der Waals surface area contributed by atoms with E-state index in [-0.39, 0.29) is 0 Å². The van der Waals surface area contributed by atoms with Gasteiger partial charge in [0.25, 0.3) is 0 Å². The van der Waals surface area contributed by atoms with Crippen molar-refractivity contribution >= 4 is 22.6 Å². The van der Waals surface area contributed by atoms with Gasteiger partial charge in [0.15, 0.2) is 0 Å². The highest BCUT2D eigenvalue weighted by Crippen LogP contribution is 2.25. The van der Waals surface area contributed by atoms with Crippen LogP contribution in [0.4, 0.5) is 9.80 Å². The quantitative estimate of drug-likeness (QED) is 0.804. The molecule has 0 fully saturated rings. The number of benzene rings is 1. The van der Waals surface area contributed by atoms with Gasteiger partial charge >= 0.3 is 6.09 Å². The summed E-state index contributed by atoms with van der Waals surface area (Å²) in [6, 6.07) is 10.9. The number of anilines is 1. The Morgan fingerprint density at radius 1 is 1.36 bits per heavy atom. The second-order valence-electron chi connectivity index (χ2n) is 4.73. The summed E-state index contributed by atoms with van der Waals surface area (Å²) in [5.41, 5.74) is 1.18. The topological polar surface area (TPSA) is 75.0 Å². The fourth-order valence-electron chi connectivity index (χ4n) is 1.95. The van der Waals surface area contributed by atoms with Crippen LogP contribution in [0.15, 0.2) is 30.3 Å². The Morgan fingerprint density at radius 3 is 2.82 bits per heavy atom. The minimum Gasteiger partial charge on any atom is -0.410 e. The molecule has 2 aromatic rings. The zero-order valence-electron chi connectivity index (χ0n) is 12.3. The molecule has 0 radical (unpaired) electrons. The van der Waals surface area contributed by atoms with E-state index in [2.05, 4.69) is 22.7 Å². The molecule has 0 saturated carbocycles.